The molecule has 1 unspecified atom stereocenters. The summed E-state index contributed by atoms with van der Waals surface area (Å²) in [5, 5.41) is 11.3. The van der Waals surface area contributed by atoms with Crippen LogP contribution >= 0.6 is 0 Å². The van der Waals surface area contributed by atoms with Crippen LogP contribution in [0.5, 0.6) is 5.75 Å². The first kappa shape index (κ1) is 18.5. The number of rotatable bonds is 2. The van der Waals surface area contributed by atoms with Crippen molar-refractivity contribution in [3.05, 3.63) is 33.4 Å². The second-order valence-electron chi connectivity index (χ2n) is 6.86. The average molecular weight is 372 g/mol. The molecule has 1 fully saturated rings. The number of methoxy groups -OCH3 is 1. The quantitative estimate of drug-likeness (QED) is 0.589. The molecule has 1 aliphatic carbocycles. The number of nitro benzene ring substituents is 1. The zero-order valence-corrected chi connectivity index (χ0v) is 14.3. The van der Waals surface area contributed by atoms with E-state index in [1.54, 1.807) is 6.07 Å². The van der Waals surface area contributed by atoms with Gasteiger partial charge < -0.3 is 9.64 Å². The van der Waals surface area contributed by atoms with Crippen LogP contribution in [0.3, 0.4) is 0 Å². The SMILES string of the molecule is COc1cc2c(cc1[N+](=O)[O-])CC1(CCCCN1C(=O)C(F)(F)F)CC2. The lowest BCUT2D eigenvalue weighted by atomic mass is 9.72. The average Bonchev–Trinajstić information content (AvgIpc) is 2.59. The van der Waals surface area contributed by atoms with E-state index in [9.17, 15) is 28.1 Å². The Bertz CT molecular complexity index is 750. The molecule has 9 heteroatoms. The summed E-state index contributed by atoms with van der Waals surface area (Å²) in [5.74, 6) is -1.68. The fraction of sp³-hybridized carbons (Fsp3) is 0.588. The molecule has 6 nitrogen and oxygen atoms in total. The van der Waals surface area contributed by atoms with E-state index in [4.69, 9.17) is 4.74 Å². The van der Waals surface area contributed by atoms with Crippen molar-refractivity contribution in [1.82, 2.24) is 4.90 Å². The van der Waals surface area contributed by atoms with Gasteiger partial charge in [0.2, 0.25) is 0 Å². The number of nitrogens with zero attached hydrogens (tertiary/aromatic N) is 2. The van der Waals surface area contributed by atoms with Crippen molar-refractivity contribution < 1.29 is 27.6 Å². The van der Waals surface area contributed by atoms with E-state index in [1.807, 2.05) is 0 Å². The number of amides is 1. The molecule has 0 aromatic heterocycles. The van der Waals surface area contributed by atoms with Crippen LogP contribution in [0, 0.1) is 10.1 Å². The maximum absolute atomic E-state index is 13.0. The normalized spacial score (nSPS) is 22.8. The van der Waals surface area contributed by atoms with Crippen LogP contribution in [0.15, 0.2) is 12.1 Å². The minimum atomic E-state index is -4.92. The predicted octanol–water partition coefficient (Wildman–Crippen LogP) is 3.41. The lowest BCUT2D eigenvalue weighted by Crippen LogP contribution is -2.60. The molecule has 1 aromatic carbocycles. The van der Waals surface area contributed by atoms with E-state index in [1.165, 1.54) is 13.2 Å². The molecule has 1 atom stereocenters. The number of halogens is 3. The van der Waals surface area contributed by atoms with Gasteiger partial charge in [0.15, 0.2) is 5.75 Å². The number of alkyl halides is 3. The van der Waals surface area contributed by atoms with E-state index in [-0.39, 0.29) is 24.4 Å². The molecule has 1 amide bonds. The van der Waals surface area contributed by atoms with Crippen molar-refractivity contribution in [2.24, 2.45) is 0 Å². The van der Waals surface area contributed by atoms with Gasteiger partial charge in [0, 0.05) is 18.2 Å². The number of likely N-dealkylation sites (tertiary alicyclic amines) is 1. The zero-order chi connectivity index (χ0) is 19.1. The molecule has 26 heavy (non-hydrogen) atoms. The number of aryl methyl sites for hydroxylation is 1. The molecule has 3 rings (SSSR count). The zero-order valence-electron chi connectivity index (χ0n) is 14.3. The molecule has 1 aromatic rings. The van der Waals surface area contributed by atoms with E-state index < -0.39 is 22.5 Å². The molecule has 142 valence electrons. The molecule has 2 aliphatic rings. The first-order valence-electron chi connectivity index (χ1n) is 8.41. The number of carbonyl (C=O) groups excluding carboxylic acids is 1. The lowest BCUT2D eigenvalue weighted by Gasteiger charge is -2.50. The number of ether oxygens (including phenoxy) is 1. The molecule has 1 aliphatic heterocycles. The summed E-state index contributed by atoms with van der Waals surface area (Å²) in [5.41, 5.74) is 0.293. The molecule has 0 radical (unpaired) electrons. The van der Waals surface area contributed by atoms with Crippen molar-refractivity contribution in [3.63, 3.8) is 0 Å². The lowest BCUT2D eigenvalue weighted by molar-refractivity contribution is -0.385. The largest absolute Gasteiger partial charge is 0.490 e. The second kappa shape index (κ2) is 6.44. The predicted molar refractivity (Wildman–Crippen MR) is 86.0 cm³/mol. The van der Waals surface area contributed by atoms with Crippen LogP contribution in [0.2, 0.25) is 0 Å². The summed E-state index contributed by atoms with van der Waals surface area (Å²) in [6.45, 7) is 0.0614. The van der Waals surface area contributed by atoms with Gasteiger partial charge in [0.1, 0.15) is 0 Å². The van der Waals surface area contributed by atoms with E-state index in [0.29, 0.717) is 31.2 Å². The van der Waals surface area contributed by atoms with Gasteiger partial charge in [-0.1, -0.05) is 0 Å². The molecule has 1 saturated heterocycles. The summed E-state index contributed by atoms with van der Waals surface area (Å²) in [6, 6.07) is 2.96. The highest BCUT2D eigenvalue weighted by molar-refractivity contribution is 5.83. The van der Waals surface area contributed by atoms with Gasteiger partial charge in [0.05, 0.1) is 12.0 Å². The molecular formula is C17H19F3N2O4. The Morgan fingerprint density at radius 1 is 1.27 bits per heavy atom. The third kappa shape index (κ3) is 3.10. The maximum atomic E-state index is 13.0. The summed E-state index contributed by atoms with van der Waals surface area (Å²) in [7, 11) is 1.34. The van der Waals surface area contributed by atoms with E-state index in [2.05, 4.69) is 0 Å². The molecular weight excluding hydrogens is 353 g/mol. The van der Waals surface area contributed by atoms with Gasteiger partial charge in [-0.3, -0.25) is 14.9 Å². The Balaban J connectivity index is 2.00. The van der Waals surface area contributed by atoms with Crippen molar-refractivity contribution in [2.75, 3.05) is 13.7 Å². The minimum absolute atomic E-state index is 0.0614. The Morgan fingerprint density at radius 3 is 2.62 bits per heavy atom. The fourth-order valence-electron chi connectivity index (χ4n) is 4.18. The van der Waals surface area contributed by atoms with Crippen LogP contribution < -0.4 is 4.74 Å². The van der Waals surface area contributed by atoms with Crippen molar-refractivity contribution in [1.29, 1.82) is 0 Å². The van der Waals surface area contributed by atoms with Crippen LogP contribution in [-0.2, 0) is 17.6 Å². The number of benzene rings is 1. The first-order chi connectivity index (χ1) is 12.2. The van der Waals surface area contributed by atoms with Gasteiger partial charge in [0.25, 0.3) is 0 Å². The van der Waals surface area contributed by atoms with Gasteiger partial charge >= 0.3 is 17.8 Å². The van der Waals surface area contributed by atoms with Crippen molar-refractivity contribution in [3.8, 4) is 5.75 Å². The van der Waals surface area contributed by atoms with Crippen LogP contribution in [0.1, 0.15) is 36.8 Å². The Morgan fingerprint density at radius 2 is 2.00 bits per heavy atom. The smallest absolute Gasteiger partial charge is 0.471 e. The van der Waals surface area contributed by atoms with Crippen LogP contribution in [-0.4, -0.2) is 41.1 Å². The first-order valence-corrected chi connectivity index (χ1v) is 8.41. The molecule has 0 bridgehead atoms. The molecule has 0 saturated carbocycles. The van der Waals surface area contributed by atoms with Gasteiger partial charge in [-0.05, 0) is 55.7 Å². The van der Waals surface area contributed by atoms with E-state index in [0.717, 1.165) is 16.9 Å². The summed E-state index contributed by atoms with van der Waals surface area (Å²) < 4.78 is 44.2. The second-order valence-corrected chi connectivity index (χ2v) is 6.86. The van der Waals surface area contributed by atoms with Gasteiger partial charge in [-0.25, -0.2) is 0 Å². The number of hydrogen-bond acceptors (Lipinski definition) is 4. The summed E-state index contributed by atoms with van der Waals surface area (Å²) >= 11 is 0. The molecule has 1 heterocycles. The van der Waals surface area contributed by atoms with Crippen molar-refractivity contribution >= 4 is 11.6 Å². The van der Waals surface area contributed by atoms with Crippen LogP contribution in [0.4, 0.5) is 18.9 Å². The maximum Gasteiger partial charge on any atom is 0.471 e. The fourth-order valence-corrected chi connectivity index (χ4v) is 4.18. The molecule has 0 N–H and O–H groups in total. The summed E-state index contributed by atoms with van der Waals surface area (Å²) in [4.78, 5) is 23.6. The Labute approximate surface area is 148 Å². The highest BCUT2D eigenvalue weighted by Gasteiger charge is 2.51. The monoisotopic (exact) mass is 372 g/mol. The third-order valence-corrected chi connectivity index (χ3v) is 5.41. The number of fused-ring (bicyclic) bond motifs is 1. The number of carbonyl (C=O) groups is 1. The Kier molecular flexibility index (Phi) is 4.58. The number of nitro groups is 1. The minimum Gasteiger partial charge on any atom is -0.490 e. The highest BCUT2D eigenvalue weighted by atomic mass is 19.4. The number of hydrogen-bond donors (Lipinski definition) is 0. The van der Waals surface area contributed by atoms with Gasteiger partial charge in [-0.2, -0.15) is 13.2 Å². The highest BCUT2D eigenvalue weighted by Crippen LogP contribution is 2.44. The number of piperidine rings is 1. The van der Waals surface area contributed by atoms with Gasteiger partial charge in [-0.15, -0.1) is 0 Å². The van der Waals surface area contributed by atoms with E-state index >= 15 is 0 Å². The van der Waals surface area contributed by atoms with Crippen molar-refractivity contribution in [2.45, 2.75) is 50.2 Å². The topological polar surface area (TPSA) is 72.7 Å². The summed E-state index contributed by atoms with van der Waals surface area (Å²) in [6.07, 6.45) is -2.15. The van der Waals surface area contributed by atoms with Crippen LogP contribution in [0.25, 0.3) is 0 Å². The standard InChI is InChI=1S/C17H19F3N2O4/c1-26-14-9-11-4-6-16(10-12(11)8-13(14)22(24)25)5-2-3-7-21(16)15(23)17(18,19)20/h8-9H,2-7,10H2,1H3. The molecule has 1 spiro atoms. The third-order valence-electron chi connectivity index (χ3n) is 5.41. The Hall–Kier alpha value is -2.32.